The lowest BCUT2D eigenvalue weighted by Crippen LogP contribution is -2.14. The topological polar surface area (TPSA) is 52.2 Å². The Morgan fingerprint density at radius 3 is 2.57 bits per heavy atom. The van der Waals surface area contributed by atoms with E-state index in [1.165, 1.54) is 6.07 Å². The van der Waals surface area contributed by atoms with Crippen molar-refractivity contribution in [2.75, 3.05) is 0 Å². The summed E-state index contributed by atoms with van der Waals surface area (Å²) < 4.78 is 7.22. The Hall–Kier alpha value is -1.37. The Morgan fingerprint density at radius 1 is 1.19 bits per heavy atom. The number of aryl methyl sites for hydroxylation is 1. The third kappa shape index (κ3) is 4.30. The minimum Gasteiger partial charge on any atom is -0.328 e. The fourth-order valence-corrected chi connectivity index (χ4v) is 2.52. The first-order chi connectivity index (χ1) is 10.1. The van der Waals surface area contributed by atoms with Crippen LogP contribution in [0.4, 0.5) is 0 Å². The van der Waals surface area contributed by atoms with Gasteiger partial charge in [0.2, 0.25) is 0 Å². The summed E-state index contributed by atoms with van der Waals surface area (Å²) in [6.07, 6.45) is 5.04. The third-order valence-corrected chi connectivity index (χ3v) is 4.01. The van der Waals surface area contributed by atoms with E-state index in [9.17, 15) is 9.59 Å². The Balaban J connectivity index is 2.16. The molecule has 1 heterocycles. The van der Waals surface area contributed by atoms with E-state index in [1.54, 1.807) is 12.1 Å². The smallest absolute Gasteiger partial charge is 0.328 e. The van der Waals surface area contributed by atoms with Crippen LogP contribution < -0.4 is 5.63 Å². The van der Waals surface area contributed by atoms with Crippen molar-refractivity contribution in [3.8, 4) is 0 Å². The first-order valence-electron chi connectivity index (χ1n) is 7.14. The molecule has 5 heteroatoms. The summed E-state index contributed by atoms with van der Waals surface area (Å²) in [7, 11) is 0. The molecule has 1 aromatic carbocycles. The van der Waals surface area contributed by atoms with E-state index in [-0.39, 0.29) is 5.91 Å². The third-order valence-electron chi connectivity index (χ3n) is 3.29. The second kappa shape index (κ2) is 7.59. The van der Waals surface area contributed by atoms with Crippen LogP contribution in [0.2, 0.25) is 0 Å². The molecular formula is C16H18INO3. The van der Waals surface area contributed by atoms with Gasteiger partial charge in [0.25, 0.3) is 5.91 Å². The van der Waals surface area contributed by atoms with Gasteiger partial charge in [0.1, 0.15) is 0 Å². The number of aromatic nitrogens is 1. The monoisotopic (exact) mass is 399 g/mol. The van der Waals surface area contributed by atoms with E-state index in [2.05, 4.69) is 29.5 Å². The molecule has 0 unspecified atom stereocenters. The van der Waals surface area contributed by atoms with Gasteiger partial charge in [-0.05, 0) is 59.7 Å². The minimum atomic E-state index is -0.473. The van der Waals surface area contributed by atoms with E-state index in [0.717, 1.165) is 34.0 Å². The van der Waals surface area contributed by atoms with E-state index < -0.39 is 5.63 Å². The largest absolute Gasteiger partial charge is 0.358 e. The van der Waals surface area contributed by atoms with Gasteiger partial charge in [0.15, 0.2) is 0 Å². The van der Waals surface area contributed by atoms with Gasteiger partial charge in [0, 0.05) is 15.2 Å². The zero-order valence-corrected chi connectivity index (χ0v) is 14.1. The molecular weight excluding hydrogens is 381 g/mol. The zero-order valence-electron chi connectivity index (χ0n) is 12.0. The zero-order chi connectivity index (χ0) is 15.2. The molecule has 2 rings (SSSR count). The number of halogens is 1. The van der Waals surface area contributed by atoms with Crippen molar-refractivity contribution in [1.29, 1.82) is 0 Å². The van der Waals surface area contributed by atoms with Gasteiger partial charge in [-0.1, -0.05) is 26.2 Å². The fraction of sp³-hybridized carbons (Fsp3) is 0.375. The molecule has 0 saturated carbocycles. The molecule has 0 aliphatic rings. The standard InChI is InChI=1S/C16H18INO3/c1-2-3-4-5-6-14-11-15(19)21-18(14)16(20)12-7-9-13(17)10-8-12/h7-11H,2-6H2,1H3. The Labute approximate surface area is 137 Å². The predicted molar refractivity (Wildman–Crippen MR) is 89.7 cm³/mol. The van der Waals surface area contributed by atoms with Crippen LogP contribution >= 0.6 is 22.6 Å². The lowest BCUT2D eigenvalue weighted by Gasteiger charge is -2.05. The Bertz CT molecular complexity index is 655. The highest BCUT2D eigenvalue weighted by atomic mass is 127. The molecule has 0 saturated heterocycles. The summed E-state index contributed by atoms with van der Waals surface area (Å²) in [6.45, 7) is 2.15. The quantitative estimate of drug-likeness (QED) is 0.548. The van der Waals surface area contributed by atoms with Gasteiger partial charge in [-0.15, -0.1) is 4.74 Å². The van der Waals surface area contributed by atoms with Gasteiger partial charge in [0.05, 0.1) is 5.69 Å². The number of unbranched alkanes of at least 4 members (excludes halogenated alkanes) is 3. The molecule has 0 aliphatic heterocycles. The maximum Gasteiger partial charge on any atom is 0.358 e. The van der Waals surface area contributed by atoms with Crippen molar-refractivity contribution in [3.05, 3.63) is 55.6 Å². The molecule has 0 N–H and O–H groups in total. The normalized spacial score (nSPS) is 10.8. The van der Waals surface area contributed by atoms with Crippen LogP contribution in [-0.2, 0) is 6.42 Å². The Morgan fingerprint density at radius 2 is 1.90 bits per heavy atom. The van der Waals surface area contributed by atoms with Gasteiger partial charge >= 0.3 is 5.63 Å². The summed E-state index contributed by atoms with van der Waals surface area (Å²) in [5.41, 5.74) is 0.698. The van der Waals surface area contributed by atoms with E-state index >= 15 is 0 Å². The second-order valence-electron chi connectivity index (χ2n) is 4.96. The van der Waals surface area contributed by atoms with Gasteiger partial charge in [-0.2, -0.15) is 0 Å². The number of hydrogen-bond donors (Lipinski definition) is 0. The molecule has 112 valence electrons. The van der Waals surface area contributed by atoms with Crippen molar-refractivity contribution < 1.29 is 9.32 Å². The first kappa shape index (κ1) is 16.0. The van der Waals surface area contributed by atoms with E-state index in [1.807, 2.05) is 12.1 Å². The maximum atomic E-state index is 12.4. The molecule has 0 atom stereocenters. The lowest BCUT2D eigenvalue weighted by atomic mass is 10.1. The molecule has 1 aromatic heterocycles. The van der Waals surface area contributed by atoms with Crippen LogP contribution in [0, 0.1) is 3.57 Å². The highest BCUT2D eigenvalue weighted by Gasteiger charge is 2.16. The molecule has 0 aliphatic carbocycles. The van der Waals surface area contributed by atoms with Crippen LogP contribution in [0.5, 0.6) is 0 Å². The van der Waals surface area contributed by atoms with Crippen LogP contribution in [0.25, 0.3) is 0 Å². The van der Waals surface area contributed by atoms with Gasteiger partial charge in [-0.3, -0.25) is 4.79 Å². The summed E-state index contributed by atoms with van der Waals surface area (Å²) in [4.78, 5) is 23.9. The van der Waals surface area contributed by atoms with Crippen molar-refractivity contribution in [1.82, 2.24) is 4.74 Å². The summed E-state index contributed by atoms with van der Waals surface area (Å²) in [5.74, 6) is -0.293. The average Bonchev–Trinajstić information content (AvgIpc) is 2.85. The first-order valence-corrected chi connectivity index (χ1v) is 8.22. The molecule has 0 bridgehead atoms. The van der Waals surface area contributed by atoms with Crippen LogP contribution in [0.3, 0.4) is 0 Å². The predicted octanol–water partition coefficient (Wildman–Crippen LogP) is 3.86. The molecule has 0 amide bonds. The van der Waals surface area contributed by atoms with Crippen molar-refractivity contribution in [2.45, 2.75) is 39.0 Å². The number of nitrogens with zero attached hydrogens (tertiary/aromatic N) is 1. The molecule has 4 nitrogen and oxygen atoms in total. The number of carbonyl (C=O) groups excluding carboxylic acids is 1. The molecule has 0 fully saturated rings. The molecule has 21 heavy (non-hydrogen) atoms. The van der Waals surface area contributed by atoms with Gasteiger partial charge in [-0.25, -0.2) is 4.79 Å². The SMILES string of the molecule is CCCCCCc1cc(=O)on1C(=O)c1ccc(I)cc1. The van der Waals surface area contributed by atoms with Crippen molar-refractivity contribution in [3.63, 3.8) is 0 Å². The van der Waals surface area contributed by atoms with Crippen molar-refractivity contribution in [2.24, 2.45) is 0 Å². The lowest BCUT2D eigenvalue weighted by molar-refractivity contribution is 0.0831. The number of benzene rings is 1. The Kier molecular flexibility index (Phi) is 5.78. The highest BCUT2D eigenvalue weighted by molar-refractivity contribution is 14.1. The highest BCUT2D eigenvalue weighted by Crippen LogP contribution is 2.12. The molecule has 0 spiro atoms. The van der Waals surface area contributed by atoms with Crippen LogP contribution in [0.15, 0.2) is 39.6 Å². The van der Waals surface area contributed by atoms with Crippen LogP contribution in [0.1, 0.15) is 48.7 Å². The van der Waals surface area contributed by atoms with E-state index in [4.69, 9.17) is 4.52 Å². The average molecular weight is 399 g/mol. The van der Waals surface area contributed by atoms with E-state index in [0.29, 0.717) is 17.7 Å². The molecule has 2 aromatic rings. The number of hydrogen-bond acceptors (Lipinski definition) is 3. The second-order valence-corrected chi connectivity index (χ2v) is 6.21. The summed E-state index contributed by atoms with van der Waals surface area (Å²) in [6, 6.07) is 8.61. The fourth-order valence-electron chi connectivity index (χ4n) is 2.16. The maximum absolute atomic E-state index is 12.4. The van der Waals surface area contributed by atoms with Gasteiger partial charge < -0.3 is 4.52 Å². The number of rotatable bonds is 6. The number of carbonyl (C=O) groups is 1. The summed E-state index contributed by atoms with van der Waals surface area (Å²) >= 11 is 2.18. The van der Waals surface area contributed by atoms with Crippen molar-refractivity contribution >= 4 is 28.5 Å². The minimum absolute atomic E-state index is 0.293. The van der Waals surface area contributed by atoms with Crippen LogP contribution in [-0.4, -0.2) is 10.6 Å². The summed E-state index contributed by atoms with van der Waals surface area (Å²) in [5, 5.41) is 0. The molecule has 0 radical (unpaired) electrons.